The third-order valence-electron chi connectivity index (χ3n) is 7.52. The third-order valence-corrected chi connectivity index (χ3v) is 7.52. The number of nitrogens with zero attached hydrogens (tertiary/aromatic N) is 4. The number of unbranched alkanes of at least 4 members (excludes halogenated alkanes) is 12. The molecule has 4 atom stereocenters. The minimum Gasteiger partial charge on any atom is -0.394 e. The van der Waals surface area contributed by atoms with Gasteiger partial charge in [-0.3, -0.25) is 4.57 Å². The van der Waals surface area contributed by atoms with Crippen LogP contribution in [0.25, 0.3) is 11.2 Å². The highest BCUT2D eigenvalue weighted by Gasteiger charge is 2.55. The van der Waals surface area contributed by atoms with Crippen molar-refractivity contribution in [2.24, 2.45) is 0 Å². The molecule has 9 nitrogen and oxygen atoms in total. The monoisotopic (exact) mass is 517 g/mol. The fourth-order valence-electron chi connectivity index (χ4n) is 5.30. The predicted octanol–water partition coefficient (Wildman–Crippen LogP) is 4.60. The van der Waals surface area contributed by atoms with Gasteiger partial charge in [-0.1, -0.05) is 76.9 Å². The van der Waals surface area contributed by atoms with Crippen LogP contribution in [-0.2, 0) is 10.5 Å². The molecule has 9 heteroatoms. The lowest BCUT2D eigenvalue weighted by Gasteiger charge is -2.34. The second-order valence-electron chi connectivity index (χ2n) is 10.4. The number of hydrogen-bond donors (Lipinski definition) is 4. The third kappa shape index (κ3) is 7.72. The van der Waals surface area contributed by atoms with Crippen LogP contribution in [0.3, 0.4) is 0 Å². The van der Waals surface area contributed by atoms with E-state index in [1.165, 1.54) is 76.9 Å². The Labute approximate surface area is 221 Å². The fourth-order valence-corrected chi connectivity index (χ4v) is 5.30. The zero-order valence-electron chi connectivity index (χ0n) is 22.5. The first-order valence-corrected chi connectivity index (χ1v) is 14.3. The van der Waals surface area contributed by atoms with Crippen molar-refractivity contribution in [1.29, 1.82) is 0 Å². The Morgan fingerprint density at radius 1 is 0.919 bits per heavy atom. The van der Waals surface area contributed by atoms with Crippen LogP contribution in [-0.4, -0.2) is 59.8 Å². The first kappa shape index (κ1) is 29.5. The molecule has 0 bridgehead atoms. The molecule has 208 valence electrons. The number of nitrogen functional groups attached to an aromatic ring is 1. The highest BCUT2D eigenvalue weighted by molar-refractivity contribution is 5.81. The number of aliphatic hydroxyl groups excluding tert-OH is 3. The Morgan fingerprint density at radius 2 is 1.54 bits per heavy atom. The number of aliphatic hydroxyl groups is 3. The number of ether oxygens (including phenoxy) is 1. The van der Waals surface area contributed by atoms with Gasteiger partial charge in [0.25, 0.3) is 0 Å². The molecule has 0 aliphatic carbocycles. The van der Waals surface area contributed by atoms with Crippen LogP contribution in [0.15, 0.2) is 24.8 Å². The summed E-state index contributed by atoms with van der Waals surface area (Å²) in [6.07, 6.45) is 21.6. The van der Waals surface area contributed by atoms with Crippen molar-refractivity contribution in [1.82, 2.24) is 19.5 Å². The van der Waals surface area contributed by atoms with Gasteiger partial charge in [-0.05, 0) is 38.5 Å². The van der Waals surface area contributed by atoms with Gasteiger partial charge >= 0.3 is 0 Å². The zero-order chi connectivity index (χ0) is 26.5. The number of anilines is 1. The Balaban J connectivity index is 1.40. The van der Waals surface area contributed by atoms with Gasteiger partial charge in [0, 0.05) is 0 Å². The van der Waals surface area contributed by atoms with Crippen LogP contribution in [0.4, 0.5) is 5.82 Å². The van der Waals surface area contributed by atoms with Gasteiger partial charge in [0.1, 0.15) is 30.2 Å². The number of fused-ring (bicyclic) bond motifs is 1. The van der Waals surface area contributed by atoms with Gasteiger partial charge < -0.3 is 25.8 Å². The molecule has 0 aromatic carbocycles. The Morgan fingerprint density at radius 3 is 2.16 bits per heavy atom. The second kappa shape index (κ2) is 15.4. The summed E-state index contributed by atoms with van der Waals surface area (Å²) in [5.41, 5.74) is 5.52. The van der Waals surface area contributed by atoms with E-state index in [4.69, 9.17) is 10.5 Å². The number of aromatic nitrogens is 4. The molecule has 1 fully saturated rings. The van der Waals surface area contributed by atoms with E-state index in [9.17, 15) is 15.3 Å². The standard InChI is InChI=1S/C28H47N5O4/c1-2-3-4-5-6-7-8-9-10-11-12-13-14-15-16-17-18-28(25(36)24(35)22(19-34)37-28)33-21-32-23-26(29)30-20-31-27(23)33/h9-10,20-22,24-25,34-36H,2-8,11-19H2,1H3,(H2,29,30,31)/t22-,24-,25-,28-/m1/s1. The summed E-state index contributed by atoms with van der Waals surface area (Å²) in [6, 6.07) is 0. The van der Waals surface area contributed by atoms with Gasteiger partial charge in [0.2, 0.25) is 0 Å². The highest BCUT2D eigenvalue weighted by Crippen LogP contribution is 2.41. The molecular weight excluding hydrogens is 470 g/mol. The van der Waals surface area contributed by atoms with Crippen molar-refractivity contribution in [3.63, 3.8) is 0 Å². The molecule has 0 saturated carbocycles. The zero-order valence-corrected chi connectivity index (χ0v) is 22.5. The largest absolute Gasteiger partial charge is 0.394 e. The minimum atomic E-state index is -1.27. The molecular formula is C28H47N5O4. The van der Waals surface area contributed by atoms with Crippen LogP contribution < -0.4 is 5.73 Å². The summed E-state index contributed by atoms with van der Waals surface area (Å²) in [4.78, 5) is 12.6. The van der Waals surface area contributed by atoms with Crippen LogP contribution in [0.1, 0.15) is 103 Å². The van der Waals surface area contributed by atoms with Gasteiger partial charge in [0.15, 0.2) is 17.2 Å². The summed E-state index contributed by atoms with van der Waals surface area (Å²) >= 11 is 0. The average Bonchev–Trinajstić information content (AvgIpc) is 3.45. The molecule has 2 aromatic rings. The number of imidazole rings is 1. The summed E-state index contributed by atoms with van der Waals surface area (Å²) in [5.74, 6) is 0.239. The van der Waals surface area contributed by atoms with Crippen LogP contribution in [0.2, 0.25) is 0 Å². The van der Waals surface area contributed by atoms with Gasteiger partial charge in [0.05, 0.1) is 12.9 Å². The Hall–Kier alpha value is -2.07. The van der Waals surface area contributed by atoms with Gasteiger partial charge in [-0.25, -0.2) is 15.0 Å². The van der Waals surface area contributed by atoms with E-state index in [0.29, 0.717) is 17.6 Å². The average molecular weight is 518 g/mol. The van der Waals surface area contributed by atoms with Crippen molar-refractivity contribution in [3.05, 3.63) is 24.8 Å². The highest BCUT2D eigenvalue weighted by atomic mass is 16.6. The fraction of sp³-hybridized carbons (Fsp3) is 0.750. The molecule has 1 saturated heterocycles. The first-order valence-electron chi connectivity index (χ1n) is 14.3. The maximum absolute atomic E-state index is 11.0. The lowest BCUT2D eigenvalue weighted by atomic mass is 9.95. The van der Waals surface area contributed by atoms with Crippen molar-refractivity contribution >= 4 is 17.0 Å². The predicted molar refractivity (Wildman–Crippen MR) is 146 cm³/mol. The van der Waals surface area contributed by atoms with Crippen molar-refractivity contribution < 1.29 is 20.1 Å². The molecule has 5 N–H and O–H groups in total. The van der Waals surface area contributed by atoms with E-state index >= 15 is 0 Å². The Kier molecular flexibility index (Phi) is 12.2. The topological polar surface area (TPSA) is 140 Å². The van der Waals surface area contributed by atoms with Crippen LogP contribution in [0, 0.1) is 0 Å². The van der Waals surface area contributed by atoms with Crippen LogP contribution >= 0.6 is 0 Å². The minimum absolute atomic E-state index is 0.239. The molecule has 3 heterocycles. The molecule has 37 heavy (non-hydrogen) atoms. The number of allylic oxidation sites excluding steroid dienone is 2. The van der Waals surface area contributed by atoms with E-state index in [1.54, 1.807) is 4.57 Å². The maximum atomic E-state index is 11.0. The van der Waals surface area contributed by atoms with Crippen molar-refractivity contribution in [2.75, 3.05) is 12.3 Å². The number of rotatable bonds is 18. The lowest BCUT2D eigenvalue weighted by Crippen LogP contribution is -2.45. The normalized spacial score (nSPS) is 24.1. The molecule has 0 spiro atoms. The van der Waals surface area contributed by atoms with E-state index in [2.05, 4.69) is 34.0 Å². The molecule has 3 rings (SSSR count). The molecule has 1 aliphatic heterocycles. The molecule has 0 radical (unpaired) electrons. The van der Waals surface area contributed by atoms with Gasteiger partial charge in [-0.2, -0.15) is 0 Å². The summed E-state index contributed by atoms with van der Waals surface area (Å²) in [6.45, 7) is 1.86. The van der Waals surface area contributed by atoms with Crippen molar-refractivity contribution in [2.45, 2.75) is 127 Å². The molecule has 0 amide bonds. The summed E-state index contributed by atoms with van der Waals surface area (Å²) in [7, 11) is 0. The molecule has 0 unspecified atom stereocenters. The van der Waals surface area contributed by atoms with E-state index < -0.39 is 30.6 Å². The quantitative estimate of drug-likeness (QED) is 0.166. The molecule has 2 aromatic heterocycles. The Bertz CT molecular complexity index is 952. The maximum Gasteiger partial charge on any atom is 0.176 e. The van der Waals surface area contributed by atoms with Gasteiger partial charge in [-0.15, -0.1) is 0 Å². The lowest BCUT2D eigenvalue weighted by molar-refractivity contribution is -0.151. The molecule has 1 aliphatic rings. The summed E-state index contributed by atoms with van der Waals surface area (Å²) in [5, 5.41) is 31.2. The van der Waals surface area contributed by atoms with Crippen LogP contribution in [0.5, 0.6) is 0 Å². The van der Waals surface area contributed by atoms with E-state index in [0.717, 1.165) is 25.7 Å². The smallest absolute Gasteiger partial charge is 0.176 e. The SMILES string of the molecule is CCCCCCCCC=CCCCCCCCC[C@@]1(n2cnc3c(N)ncnc32)O[C@H](CO)[C@@H](O)[C@H]1O. The van der Waals surface area contributed by atoms with E-state index in [1.807, 2.05) is 0 Å². The summed E-state index contributed by atoms with van der Waals surface area (Å²) < 4.78 is 7.74. The number of hydrogen-bond acceptors (Lipinski definition) is 8. The van der Waals surface area contributed by atoms with Crippen molar-refractivity contribution in [3.8, 4) is 0 Å². The first-order chi connectivity index (χ1) is 18.0. The number of nitrogens with two attached hydrogens (primary N) is 1. The van der Waals surface area contributed by atoms with E-state index in [-0.39, 0.29) is 5.82 Å². The second-order valence-corrected chi connectivity index (χ2v) is 10.4.